The van der Waals surface area contributed by atoms with E-state index in [1.165, 1.54) is 39.2 Å². The molecule has 1 N–H and O–H groups in total. The van der Waals surface area contributed by atoms with E-state index in [9.17, 15) is 19.1 Å². The fourth-order valence-electron chi connectivity index (χ4n) is 5.54. The molecule has 34 heavy (non-hydrogen) atoms. The van der Waals surface area contributed by atoms with Crippen molar-refractivity contribution in [2.45, 2.75) is 50.5 Å². The number of piperazine rings is 1. The lowest BCUT2D eigenvalue weighted by molar-refractivity contribution is -0.146. The highest BCUT2D eigenvalue weighted by Gasteiger charge is 2.33. The zero-order valence-electron chi connectivity index (χ0n) is 19.8. The van der Waals surface area contributed by atoms with Gasteiger partial charge < -0.3 is 14.6 Å². The van der Waals surface area contributed by atoms with Crippen LogP contribution in [0, 0.1) is 11.7 Å². The second-order valence-corrected chi connectivity index (χ2v) is 9.59. The van der Waals surface area contributed by atoms with Crippen LogP contribution in [-0.2, 0) is 9.59 Å². The van der Waals surface area contributed by atoms with Crippen molar-refractivity contribution in [1.82, 2.24) is 14.8 Å². The smallest absolute Gasteiger partial charge is 0.322 e. The zero-order valence-corrected chi connectivity index (χ0v) is 19.8. The monoisotopic (exact) mass is 471 g/mol. The Morgan fingerprint density at radius 1 is 1.29 bits per heavy atom. The van der Waals surface area contributed by atoms with Gasteiger partial charge in [-0.1, -0.05) is 19.3 Å². The topological polar surface area (TPSA) is 83.0 Å². The van der Waals surface area contributed by atoms with Crippen molar-refractivity contribution < 1.29 is 23.8 Å². The fraction of sp³-hybridized carbons (Fsp3) is 0.577. The van der Waals surface area contributed by atoms with E-state index < -0.39 is 23.7 Å². The summed E-state index contributed by atoms with van der Waals surface area (Å²) in [6.07, 6.45) is 8.54. The van der Waals surface area contributed by atoms with Gasteiger partial charge in [0, 0.05) is 49.6 Å². The summed E-state index contributed by atoms with van der Waals surface area (Å²) in [4.78, 5) is 32.5. The quantitative estimate of drug-likeness (QED) is 0.558. The predicted molar refractivity (Wildman–Crippen MR) is 128 cm³/mol. The molecule has 1 aromatic heterocycles. The number of aromatic nitrogens is 1. The Bertz CT molecular complexity index is 1010. The molecule has 7 nitrogen and oxygen atoms in total. The van der Waals surface area contributed by atoms with Gasteiger partial charge in [-0.3, -0.25) is 19.6 Å². The van der Waals surface area contributed by atoms with Gasteiger partial charge in [0.2, 0.25) is 0 Å². The molecule has 8 heteroatoms. The summed E-state index contributed by atoms with van der Waals surface area (Å²) in [5, 5.41) is 10.4. The molecule has 1 aromatic carbocycles. The lowest BCUT2D eigenvalue weighted by Gasteiger charge is -2.41. The van der Waals surface area contributed by atoms with Crippen molar-refractivity contribution in [3.05, 3.63) is 35.8 Å². The first-order chi connectivity index (χ1) is 16.5. The van der Waals surface area contributed by atoms with Gasteiger partial charge in [-0.25, -0.2) is 4.39 Å². The lowest BCUT2D eigenvalue weighted by atomic mass is 9.88. The molecule has 0 amide bonds. The first-order valence-corrected chi connectivity index (χ1v) is 12.3. The van der Waals surface area contributed by atoms with Gasteiger partial charge in [-0.2, -0.15) is 0 Å². The first kappa shape index (κ1) is 24.5. The molecular weight excluding hydrogens is 437 g/mol. The number of hydrogen-bond donors (Lipinski definition) is 1. The summed E-state index contributed by atoms with van der Waals surface area (Å²) in [7, 11) is 1.53. The minimum Gasteiger partial charge on any atom is -0.497 e. The maximum atomic E-state index is 14.9. The number of methoxy groups -OCH3 is 1. The maximum absolute atomic E-state index is 14.9. The Hall–Kier alpha value is -2.58. The van der Waals surface area contributed by atoms with Crippen LogP contribution in [0.15, 0.2) is 24.4 Å². The van der Waals surface area contributed by atoms with E-state index in [2.05, 4.69) is 9.88 Å². The minimum atomic E-state index is -0.846. The Balaban J connectivity index is 1.45. The van der Waals surface area contributed by atoms with Crippen LogP contribution in [0.3, 0.4) is 0 Å². The lowest BCUT2D eigenvalue weighted by Crippen LogP contribution is -2.57. The normalized spacial score (nSPS) is 21.4. The van der Waals surface area contributed by atoms with Crippen molar-refractivity contribution in [2.75, 3.05) is 39.8 Å². The molecule has 2 atom stereocenters. The average molecular weight is 472 g/mol. The van der Waals surface area contributed by atoms with Crippen LogP contribution in [0.1, 0.15) is 50.0 Å². The molecule has 0 unspecified atom stereocenters. The molecule has 0 spiro atoms. The van der Waals surface area contributed by atoms with Gasteiger partial charge in [-0.15, -0.1) is 0 Å². The second kappa shape index (κ2) is 11.2. The third-order valence-electron chi connectivity index (χ3n) is 7.43. The van der Waals surface area contributed by atoms with Crippen LogP contribution in [0.2, 0.25) is 0 Å². The van der Waals surface area contributed by atoms with Gasteiger partial charge in [0.05, 0.1) is 18.8 Å². The van der Waals surface area contributed by atoms with Crippen LogP contribution in [0.25, 0.3) is 10.9 Å². The maximum Gasteiger partial charge on any atom is 0.322 e. The minimum absolute atomic E-state index is 0.293. The Kier molecular flexibility index (Phi) is 8.11. The highest BCUT2D eigenvalue weighted by molar-refractivity contribution is 5.87. The zero-order chi connectivity index (χ0) is 24.1. The average Bonchev–Trinajstić information content (AvgIpc) is 2.86. The summed E-state index contributed by atoms with van der Waals surface area (Å²) in [5.41, 5.74) is 0.880. The molecule has 184 valence electrons. The van der Waals surface area contributed by atoms with Crippen LogP contribution < -0.4 is 4.74 Å². The van der Waals surface area contributed by atoms with E-state index in [1.54, 1.807) is 18.2 Å². The fourth-order valence-corrected chi connectivity index (χ4v) is 5.54. The molecule has 1 aliphatic carbocycles. The molecule has 2 fully saturated rings. The van der Waals surface area contributed by atoms with E-state index in [-0.39, 0.29) is 0 Å². The van der Waals surface area contributed by atoms with Gasteiger partial charge >= 0.3 is 5.97 Å². The van der Waals surface area contributed by atoms with Crippen LogP contribution in [-0.4, -0.2) is 78.0 Å². The number of carboxylic acid groups (broad SMARTS) is 1. The number of rotatable bonds is 9. The van der Waals surface area contributed by atoms with Crippen LogP contribution in [0.4, 0.5) is 4.39 Å². The number of carbonyl (C=O) groups is 2. The third-order valence-corrected chi connectivity index (χ3v) is 7.43. The summed E-state index contributed by atoms with van der Waals surface area (Å²) in [6, 6.07) is 4.56. The summed E-state index contributed by atoms with van der Waals surface area (Å²) in [5.74, 6) is -0.863. The van der Waals surface area contributed by atoms with E-state index >= 15 is 0 Å². The number of ether oxygens (including phenoxy) is 1. The number of aldehydes is 1. The standard InChI is InChI=1S/C26H34FN3O4/c1-34-20-7-8-23-21(13-20)25(22(27)14-28-23)19(17-31)9-10-30-12-11-29(16-24(30)26(32)33)15-18-5-3-2-4-6-18/h7-8,13-14,17-19,24H,2-6,9-12,15-16H2,1H3,(H,32,33)/t19-,24-/m1/s1. The number of aliphatic carboxylic acids is 1. The number of carbonyl (C=O) groups excluding carboxylic acids is 1. The molecule has 1 saturated carbocycles. The van der Waals surface area contributed by atoms with Gasteiger partial charge in [0.15, 0.2) is 0 Å². The Labute approximate surface area is 199 Å². The molecule has 1 saturated heterocycles. The Morgan fingerprint density at radius 2 is 2.09 bits per heavy atom. The van der Waals surface area contributed by atoms with E-state index in [0.29, 0.717) is 54.2 Å². The molecule has 0 radical (unpaired) electrons. The third kappa shape index (κ3) is 5.55. The molecular formula is C26H34FN3O4. The van der Waals surface area contributed by atoms with Crippen molar-refractivity contribution in [2.24, 2.45) is 5.92 Å². The van der Waals surface area contributed by atoms with Gasteiger partial charge in [-0.05, 0) is 43.4 Å². The highest BCUT2D eigenvalue weighted by Crippen LogP contribution is 2.31. The molecule has 2 aliphatic rings. The summed E-state index contributed by atoms with van der Waals surface area (Å²) >= 11 is 0. The molecule has 1 aliphatic heterocycles. The summed E-state index contributed by atoms with van der Waals surface area (Å²) in [6.45, 7) is 3.30. The van der Waals surface area contributed by atoms with Gasteiger partial charge in [0.1, 0.15) is 23.9 Å². The first-order valence-electron chi connectivity index (χ1n) is 12.3. The molecule has 2 heterocycles. The van der Waals surface area contributed by atoms with Crippen LogP contribution >= 0.6 is 0 Å². The van der Waals surface area contributed by atoms with E-state index in [0.717, 1.165) is 25.6 Å². The number of pyridine rings is 1. The molecule has 2 aromatic rings. The van der Waals surface area contributed by atoms with Crippen molar-refractivity contribution in [3.63, 3.8) is 0 Å². The van der Waals surface area contributed by atoms with Crippen molar-refractivity contribution in [1.29, 1.82) is 0 Å². The summed E-state index contributed by atoms with van der Waals surface area (Å²) < 4.78 is 20.1. The number of nitrogens with zero attached hydrogens (tertiary/aromatic N) is 3. The van der Waals surface area contributed by atoms with Crippen molar-refractivity contribution >= 4 is 23.2 Å². The van der Waals surface area contributed by atoms with Gasteiger partial charge in [0.25, 0.3) is 0 Å². The van der Waals surface area contributed by atoms with E-state index in [1.807, 2.05) is 4.90 Å². The number of carboxylic acids is 1. The molecule has 4 rings (SSSR count). The Morgan fingerprint density at radius 3 is 2.79 bits per heavy atom. The van der Waals surface area contributed by atoms with Crippen LogP contribution in [0.5, 0.6) is 5.75 Å². The second-order valence-electron chi connectivity index (χ2n) is 9.59. The van der Waals surface area contributed by atoms with Crippen molar-refractivity contribution in [3.8, 4) is 5.75 Å². The number of fused-ring (bicyclic) bond motifs is 1. The molecule has 0 bridgehead atoms. The van der Waals surface area contributed by atoms with E-state index in [4.69, 9.17) is 4.74 Å². The SMILES string of the molecule is COc1ccc2ncc(F)c([C@@H](C=O)CCN3CCN(CC4CCCCC4)C[C@@H]3C(=O)O)c2c1. The number of hydrogen-bond acceptors (Lipinski definition) is 6. The number of benzene rings is 1. The largest absolute Gasteiger partial charge is 0.497 e. The highest BCUT2D eigenvalue weighted by atomic mass is 19.1. The predicted octanol–water partition coefficient (Wildman–Crippen LogP) is 3.71. The number of halogens is 1.